The molecule has 0 unspecified atom stereocenters. The number of benzene rings is 1. The number of fused-ring (bicyclic) bond motifs is 1. The van der Waals surface area contributed by atoms with Crippen LogP contribution in [0.4, 0.5) is 5.13 Å². The van der Waals surface area contributed by atoms with Gasteiger partial charge in [0.05, 0.1) is 22.4 Å². The third kappa shape index (κ3) is 1.71. The van der Waals surface area contributed by atoms with Crippen LogP contribution in [0, 0.1) is 6.92 Å². The minimum absolute atomic E-state index is 0.0259. The first-order valence-corrected chi connectivity index (χ1v) is 6.55. The molecule has 1 aromatic carbocycles. The quantitative estimate of drug-likeness (QED) is 0.853. The summed E-state index contributed by atoms with van der Waals surface area (Å²) in [5, 5.41) is 11.0. The van der Waals surface area contributed by atoms with Crippen LogP contribution < -0.4 is 4.90 Å². The molecule has 0 bridgehead atoms. The SMILES string of the molecule is Cc1csc(N2C(=O)c3ccc(C(=O)O)cc3C2=O)n1. The fourth-order valence-electron chi connectivity index (χ4n) is 1.99. The molecule has 2 amide bonds. The molecule has 0 saturated heterocycles. The number of nitrogens with zero attached hydrogens (tertiary/aromatic N) is 2. The van der Waals surface area contributed by atoms with Crippen LogP contribution >= 0.6 is 11.3 Å². The van der Waals surface area contributed by atoms with Gasteiger partial charge in [-0.2, -0.15) is 0 Å². The van der Waals surface area contributed by atoms with E-state index in [1.54, 1.807) is 12.3 Å². The number of rotatable bonds is 2. The largest absolute Gasteiger partial charge is 0.478 e. The van der Waals surface area contributed by atoms with E-state index >= 15 is 0 Å². The van der Waals surface area contributed by atoms with Crippen molar-refractivity contribution in [2.45, 2.75) is 6.92 Å². The van der Waals surface area contributed by atoms with Gasteiger partial charge in [0, 0.05) is 5.38 Å². The topological polar surface area (TPSA) is 87.6 Å². The molecule has 100 valence electrons. The van der Waals surface area contributed by atoms with Gasteiger partial charge in [0.25, 0.3) is 11.8 Å². The highest BCUT2D eigenvalue weighted by molar-refractivity contribution is 7.14. The molecule has 2 heterocycles. The molecule has 1 aromatic heterocycles. The van der Waals surface area contributed by atoms with Gasteiger partial charge in [-0.25, -0.2) is 14.7 Å². The van der Waals surface area contributed by atoms with E-state index in [0.29, 0.717) is 10.8 Å². The van der Waals surface area contributed by atoms with Gasteiger partial charge in [-0.1, -0.05) is 0 Å². The van der Waals surface area contributed by atoms with Crippen LogP contribution in [-0.4, -0.2) is 27.9 Å². The molecule has 0 fully saturated rings. The molecule has 7 heteroatoms. The van der Waals surface area contributed by atoms with Crippen LogP contribution in [0.1, 0.15) is 36.8 Å². The van der Waals surface area contributed by atoms with Gasteiger partial charge in [-0.05, 0) is 25.1 Å². The summed E-state index contributed by atoms with van der Waals surface area (Å²) >= 11 is 1.19. The maximum Gasteiger partial charge on any atom is 0.335 e. The molecule has 20 heavy (non-hydrogen) atoms. The van der Waals surface area contributed by atoms with E-state index in [-0.39, 0.29) is 16.7 Å². The maximum atomic E-state index is 12.3. The summed E-state index contributed by atoms with van der Waals surface area (Å²) in [6.45, 7) is 1.76. The Morgan fingerprint density at radius 2 is 1.95 bits per heavy atom. The van der Waals surface area contributed by atoms with Crippen LogP contribution in [-0.2, 0) is 0 Å². The smallest absolute Gasteiger partial charge is 0.335 e. The molecule has 0 radical (unpaired) electrons. The predicted molar refractivity (Wildman–Crippen MR) is 71.4 cm³/mol. The van der Waals surface area contributed by atoms with Gasteiger partial charge in [-0.3, -0.25) is 9.59 Å². The summed E-state index contributed by atoms with van der Waals surface area (Å²) < 4.78 is 0. The van der Waals surface area contributed by atoms with Crippen molar-refractivity contribution in [3.05, 3.63) is 46.0 Å². The average molecular weight is 288 g/mol. The Balaban J connectivity index is 2.10. The van der Waals surface area contributed by atoms with Gasteiger partial charge < -0.3 is 5.11 Å². The Hall–Kier alpha value is -2.54. The lowest BCUT2D eigenvalue weighted by Crippen LogP contribution is -2.29. The molecular weight excluding hydrogens is 280 g/mol. The molecule has 0 spiro atoms. The number of aromatic nitrogens is 1. The summed E-state index contributed by atoms with van der Waals surface area (Å²) in [4.78, 5) is 40.5. The van der Waals surface area contributed by atoms with Gasteiger partial charge in [0.15, 0.2) is 5.13 Å². The lowest BCUT2D eigenvalue weighted by Gasteiger charge is -2.08. The zero-order valence-corrected chi connectivity index (χ0v) is 11.1. The summed E-state index contributed by atoms with van der Waals surface area (Å²) in [6.07, 6.45) is 0. The fourth-order valence-corrected chi connectivity index (χ4v) is 2.79. The van der Waals surface area contributed by atoms with E-state index in [0.717, 1.165) is 4.90 Å². The number of carboxylic acids is 1. The lowest BCUT2D eigenvalue weighted by atomic mass is 10.1. The van der Waals surface area contributed by atoms with Crippen LogP contribution in [0.3, 0.4) is 0 Å². The molecule has 1 aliphatic heterocycles. The van der Waals surface area contributed by atoms with E-state index in [1.807, 2.05) is 0 Å². The fraction of sp³-hybridized carbons (Fsp3) is 0.0769. The number of aryl methyl sites for hydroxylation is 1. The second-order valence-electron chi connectivity index (χ2n) is 4.28. The first-order valence-electron chi connectivity index (χ1n) is 5.67. The predicted octanol–water partition coefficient (Wildman–Crippen LogP) is 1.95. The Labute approximate surface area is 117 Å². The minimum atomic E-state index is -1.14. The number of imide groups is 1. The van der Waals surface area contributed by atoms with E-state index in [4.69, 9.17) is 5.11 Å². The third-order valence-corrected chi connectivity index (χ3v) is 3.88. The van der Waals surface area contributed by atoms with Crippen molar-refractivity contribution in [3.63, 3.8) is 0 Å². The number of thiazole rings is 1. The second kappa shape index (κ2) is 4.24. The second-order valence-corrected chi connectivity index (χ2v) is 5.12. The van der Waals surface area contributed by atoms with Crippen molar-refractivity contribution >= 4 is 34.3 Å². The monoisotopic (exact) mass is 288 g/mol. The molecule has 1 N–H and O–H groups in total. The first kappa shape index (κ1) is 12.5. The zero-order valence-electron chi connectivity index (χ0n) is 10.3. The van der Waals surface area contributed by atoms with Gasteiger partial charge >= 0.3 is 5.97 Å². The number of anilines is 1. The van der Waals surface area contributed by atoms with E-state index in [2.05, 4.69) is 4.98 Å². The van der Waals surface area contributed by atoms with Gasteiger partial charge in [0.1, 0.15) is 0 Å². The highest BCUT2D eigenvalue weighted by atomic mass is 32.1. The highest BCUT2D eigenvalue weighted by Crippen LogP contribution is 2.30. The summed E-state index contributed by atoms with van der Waals surface area (Å²) in [5.41, 5.74) is 0.991. The van der Waals surface area contributed by atoms with Gasteiger partial charge in [-0.15, -0.1) is 11.3 Å². The minimum Gasteiger partial charge on any atom is -0.478 e. The Morgan fingerprint density at radius 3 is 2.55 bits per heavy atom. The normalized spacial score (nSPS) is 13.8. The molecule has 0 atom stereocenters. The Kier molecular flexibility index (Phi) is 2.65. The highest BCUT2D eigenvalue weighted by Gasteiger charge is 2.38. The lowest BCUT2D eigenvalue weighted by molar-refractivity contribution is 0.0696. The molecular formula is C13H8N2O4S. The summed E-state index contributed by atoms with van der Waals surface area (Å²) in [5.74, 6) is -2.16. The van der Waals surface area contributed by atoms with Crippen molar-refractivity contribution in [2.75, 3.05) is 4.90 Å². The van der Waals surface area contributed by atoms with Crippen molar-refractivity contribution in [1.82, 2.24) is 4.98 Å². The van der Waals surface area contributed by atoms with E-state index in [9.17, 15) is 14.4 Å². The Bertz CT molecular complexity index is 765. The standard InChI is InChI=1S/C13H8N2O4S/c1-6-5-20-13(14-6)15-10(16)8-3-2-7(12(18)19)4-9(8)11(15)17/h2-5H,1H3,(H,18,19). The number of hydrogen-bond acceptors (Lipinski definition) is 5. The molecule has 6 nitrogen and oxygen atoms in total. The molecule has 0 aliphatic carbocycles. The van der Waals surface area contributed by atoms with Crippen LogP contribution in [0.2, 0.25) is 0 Å². The maximum absolute atomic E-state index is 12.3. The van der Waals surface area contributed by atoms with E-state index in [1.165, 1.54) is 29.5 Å². The van der Waals surface area contributed by atoms with Crippen LogP contribution in [0.25, 0.3) is 0 Å². The molecule has 0 saturated carbocycles. The molecule has 2 aromatic rings. The van der Waals surface area contributed by atoms with E-state index < -0.39 is 17.8 Å². The van der Waals surface area contributed by atoms with Crippen molar-refractivity contribution < 1.29 is 19.5 Å². The molecule has 1 aliphatic rings. The van der Waals surface area contributed by atoms with Crippen molar-refractivity contribution in [2.24, 2.45) is 0 Å². The van der Waals surface area contributed by atoms with Crippen LogP contribution in [0.5, 0.6) is 0 Å². The van der Waals surface area contributed by atoms with Crippen molar-refractivity contribution in [1.29, 1.82) is 0 Å². The number of carbonyl (C=O) groups is 3. The number of amides is 2. The number of carboxylic acid groups (broad SMARTS) is 1. The number of hydrogen-bond donors (Lipinski definition) is 1. The van der Waals surface area contributed by atoms with Crippen molar-refractivity contribution in [3.8, 4) is 0 Å². The number of carbonyl (C=O) groups excluding carboxylic acids is 2. The summed E-state index contributed by atoms with van der Waals surface area (Å²) in [7, 11) is 0. The first-order chi connectivity index (χ1) is 9.49. The average Bonchev–Trinajstić information content (AvgIpc) is 2.93. The summed E-state index contributed by atoms with van der Waals surface area (Å²) in [6, 6.07) is 3.89. The Morgan fingerprint density at radius 1 is 1.25 bits per heavy atom. The van der Waals surface area contributed by atoms with Gasteiger partial charge in [0.2, 0.25) is 0 Å². The van der Waals surface area contributed by atoms with Crippen LogP contribution in [0.15, 0.2) is 23.6 Å². The number of aromatic carboxylic acids is 1. The zero-order chi connectivity index (χ0) is 14.4. The third-order valence-electron chi connectivity index (χ3n) is 2.93. The molecule has 3 rings (SSSR count).